The highest BCUT2D eigenvalue weighted by atomic mass is 35.5. The normalized spacial score (nSPS) is 16.5. The molecule has 3 aromatic rings. The molecule has 1 aliphatic heterocycles. The van der Waals surface area contributed by atoms with Crippen LogP contribution in [0, 0.1) is 5.82 Å². The van der Waals surface area contributed by atoms with Crippen molar-refractivity contribution in [3.63, 3.8) is 0 Å². The molecule has 2 aromatic carbocycles. The van der Waals surface area contributed by atoms with Crippen LogP contribution in [-0.2, 0) is 0 Å². The summed E-state index contributed by atoms with van der Waals surface area (Å²) in [5.74, 6) is 0.385. The Morgan fingerprint density at radius 2 is 2.11 bits per heavy atom. The second-order valence-corrected chi connectivity index (χ2v) is 6.69. The highest BCUT2D eigenvalue weighted by molar-refractivity contribution is 6.30. The Bertz CT molecular complexity index is 978. The lowest BCUT2D eigenvalue weighted by atomic mass is 10.2. The molecular weight excluding hydrogens is 371 g/mol. The van der Waals surface area contributed by atoms with Gasteiger partial charge in [0.05, 0.1) is 0 Å². The maximum Gasteiger partial charge on any atom is 0.322 e. The van der Waals surface area contributed by atoms with Crippen LogP contribution in [0.4, 0.5) is 14.9 Å². The minimum atomic E-state index is -0.408. The van der Waals surface area contributed by atoms with Gasteiger partial charge >= 0.3 is 6.03 Å². The van der Waals surface area contributed by atoms with Gasteiger partial charge in [-0.05, 0) is 43.2 Å². The summed E-state index contributed by atoms with van der Waals surface area (Å²) in [6, 6.07) is 12.3. The van der Waals surface area contributed by atoms with Gasteiger partial charge in [0.2, 0.25) is 11.7 Å². The number of anilines is 1. The first-order valence-electron chi connectivity index (χ1n) is 8.53. The van der Waals surface area contributed by atoms with Crippen molar-refractivity contribution < 1.29 is 13.7 Å². The van der Waals surface area contributed by atoms with Crippen LogP contribution >= 0.6 is 11.6 Å². The molecule has 0 radical (unpaired) electrons. The largest absolute Gasteiger partial charge is 0.337 e. The molecule has 0 saturated carbocycles. The van der Waals surface area contributed by atoms with Crippen LogP contribution in [0.3, 0.4) is 0 Å². The number of urea groups is 1. The molecule has 1 saturated heterocycles. The van der Waals surface area contributed by atoms with E-state index >= 15 is 0 Å². The highest BCUT2D eigenvalue weighted by Gasteiger charge is 2.34. The second kappa shape index (κ2) is 7.36. The summed E-state index contributed by atoms with van der Waals surface area (Å²) >= 11 is 6.01. The SMILES string of the molecule is O=C(Nc1cccc(F)c1)N1CCCC1c1nc(-c2cccc(Cl)c2)no1. The summed E-state index contributed by atoms with van der Waals surface area (Å²) in [5, 5.41) is 7.30. The number of carbonyl (C=O) groups excluding carboxylic acids is 1. The molecule has 0 spiro atoms. The molecule has 0 aliphatic carbocycles. The molecule has 138 valence electrons. The van der Waals surface area contributed by atoms with E-state index in [1.165, 1.54) is 12.1 Å². The molecule has 2 amide bonds. The van der Waals surface area contributed by atoms with Crippen LogP contribution in [0.2, 0.25) is 5.02 Å². The Morgan fingerprint density at radius 1 is 1.26 bits per heavy atom. The third-order valence-corrected chi connectivity index (χ3v) is 4.63. The Labute approximate surface area is 159 Å². The molecule has 6 nitrogen and oxygen atoms in total. The summed E-state index contributed by atoms with van der Waals surface area (Å²) in [7, 11) is 0. The van der Waals surface area contributed by atoms with Gasteiger partial charge in [0, 0.05) is 22.8 Å². The van der Waals surface area contributed by atoms with Gasteiger partial charge in [-0.1, -0.05) is 35.0 Å². The van der Waals surface area contributed by atoms with Crippen LogP contribution in [0.15, 0.2) is 53.1 Å². The number of nitrogens with zero attached hydrogens (tertiary/aromatic N) is 3. The standard InChI is InChI=1S/C19H16ClFN4O2/c20-13-5-1-4-12(10-13)17-23-18(27-24-17)16-8-3-9-25(16)19(26)22-15-7-2-6-14(21)11-15/h1-2,4-7,10-11,16H,3,8-9H2,(H,22,26). The van der Waals surface area contributed by atoms with Crippen molar-refractivity contribution in [3.05, 3.63) is 65.3 Å². The van der Waals surface area contributed by atoms with Gasteiger partial charge in [-0.3, -0.25) is 0 Å². The highest BCUT2D eigenvalue weighted by Crippen LogP contribution is 2.32. The number of rotatable bonds is 3. The number of halogens is 2. The lowest BCUT2D eigenvalue weighted by Gasteiger charge is -2.22. The number of benzene rings is 2. The number of amides is 2. The van der Waals surface area contributed by atoms with Crippen LogP contribution in [-0.4, -0.2) is 27.6 Å². The van der Waals surface area contributed by atoms with Gasteiger partial charge in [-0.25, -0.2) is 9.18 Å². The molecule has 1 aliphatic rings. The molecule has 4 rings (SSSR count). The first kappa shape index (κ1) is 17.5. The first-order valence-corrected chi connectivity index (χ1v) is 8.91. The molecular formula is C19H16ClFN4O2. The summed E-state index contributed by atoms with van der Waals surface area (Å²) in [4.78, 5) is 18.7. The average Bonchev–Trinajstić information content (AvgIpc) is 3.31. The van der Waals surface area contributed by atoms with Crippen molar-refractivity contribution in [1.82, 2.24) is 15.0 Å². The molecule has 1 atom stereocenters. The van der Waals surface area contributed by atoms with Crippen LogP contribution in [0.25, 0.3) is 11.4 Å². The monoisotopic (exact) mass is 386 g/mol. The fraction of sp³-hybridized carbons (Fsp3) is 0.211. The molecule has 1 N–H and O–H groups in total. The van der Waals surface area contributed by atoms with Gasteiger partial charge in [-0.2, -0.15) is 4.98 Å². The van der Waals surface area contributed by atoms with E-state index in [4.69, 9.17) is 16.1 Å². The molecule has 1 fully saturated rings. The lowest BCUT2D eigenvalue weighted by molar-refractivity contribution is 0.193. The number of likely N-dealkylation sites (tertiary alicyclic amines) is 1. The van der Waals surface area contributed by atoms with E-state index in [-0.39, 0.29) is 12.1 Å². The third-order valence-electron chi connectivity index (χ3n) is 4.40. The molecule has 2 heterocycles. The minimum Gasteiger partial charge on any atom is -0.337 e. The molecule has 0 bridgehead atoms. The van der Waals surface area contributed by atoms with Crippen molar-refractivity contribution >= 4 is 23.3 Å². The summed E-state index contributed by atoms with van der Waals surface area (Å²) < 4.78 is 18.7. The van der Waals surface area contributed by atoms with Crippen LogP contribution in [0.5, 0.6) is 0 Å². The molecule has 1 unspecified atom stereocenters. The van der Waals surface area contributed by atoms with Crippen LogP contribution in [0.1, 0.15) is 24.8 Å². The predicted octanol–water partition coefficient (Wildman–Crippen LogP) is 4.90. The second-order valence-electron chi connectivity index (χ2n) is 6.26. The van der Waals surface area contributed by atoms with Crippen molar-refractivity contribution in [3.8, 4) is 11.4 Å². The van der Waals surface area contributed by atoms with Crippen molar-refractivity contribution in [1.29, 1.82) is 0 Å². The van der Waals surface area contributed by atoms with E-state index in [0.29, 0.717) is 35.4 Å². The maximum absolute atomic E-state index is 13.3. The zero-order chi connectivity index (χ0) is 18.8. The van der Waals surface area contributed by atoms with E-state index in [1.54, 1.807) is 29.2 Å². The molecule has 8 heteroatoms. The number of nitrogens with one attached hydrogen (secondary N) is 1. The van der Waals surface area contributed by atoms with E-state index in [2.05, 4.69) is 15.5 Å². The van der Waals surface area contributed by atoms with Gasteiger partial charge in [-0.15, -0.1) is 0 Å². The van der Waals surface area contributed by atoms with E-state index in [1.807, 2.05) is 12.1 Å². The van der Waals surface area contributed by atoms with Gasteiger partial charge in [0.25, 0.3) is 0 Å². The zero-order valence-electron chi connectivity index (χ0n) is 14.2. The molecule has 27 heavy (non-hydrogen) atoms. The Hall–Kier alpha value is -2.93. The van der Waals surface area contributed by atoms with Crippen molar-refractivity contribution in [2.75, 3.05) is 11.9 Å². The maximum atomic E-state index is 13.3. The number of hydrogen-bond donors (Lipinski definition) is 1. The first-order chi connectivity index (χ1) is 13.1. The fourth-order valence-electron chi connectivity index (χ4n) is 3.14. The summed E-state index contributed by atoms with van der Waals surface area (Å²) in [5.41, 5.74) is 1.14. The van der Waals surface area contributed by atoms with E-state index in [0.717, 1.165) is 12.0 Å². The average molecular weight is 387 g/mol. The summed E-state index contributed by atoms with van der Waals surface area (Å²) in [6.07, 6.45) is 1.53. The Morgan fingerprint density at radius 3 is 2.93 bits per heavy atom. The number of carbonyl (C=O) groups is 1. The predicted molar refractivity (Wildman–Crippen MR) is 98.8 cm³/mol. The zero-order valence-corrected chi connectivity index (χ0v) is 15.0. The van der Waals surface area contributed by atoms with Crippen LogP contribution < -0.4 is 5.32 Å². The van der Waals surface area contributed by atoms with Crippen molar-refractivity contribution in [2.24, 2.45) is 0 Å². The topological polar surface area (TPSA) is 71.3 Å². The third kappa shape index (κ3) is 3.78. The molecule has 1 aromatic heterocycles. The fourth-order valence-corrected chi connectivity index (χ4v) is 3.33. The Kier molecular flexibility index (Phi) is 4.77. The number of hydrogen-bond acceptors (Lipinski definition) is 4. The van der Waals surface area contributed by atoms with E-state index in [9.17, 15) is 9.18 Å². The quantitative estimate of drug-likeness (QED) is 0.695. The van der Waals surface area contributed by atoms with E-state index < -0.39 is 5.82 Å². The smallest absolute Gasteiger partial charge is 0.322 e. The van der Waals surface area contributed by atoms with Gasteiger partial charge < -0.3 is 14.7 Å². The van der Waals surface area contributed by atoms with Crippen molar-refractivity contribution in [2.45, 2.75) is 18.9 Å². The summed E-state index contributed by atoms with van der Waals surface area (Å²) in [6.45, 7) is 0.556. The van der Waals surface area contributed by atoms with Gasteiger partial charge in [0.1, 0.15) is 11.9 Å². The minimum absolute atomic E-state index is 0.320. The Balaban J connectivity index is 1.52. The van der Waals surface area contributed by atoms with Gasteiger partial charge in [0.15, 0.2) is 0 Å². The number of aromatic nitrogens is 2. The lowest BCUT2D eigenvalue weighted by Crippen LogP contribution is -2.34.